The Morgan fingerprint density at radius 2 is 1.76 bits per heavy atom. The highest BCUT2D eigenvalue weighted by molar-refractivity contribution is 4.92. The summed E-state index contributed by atoms with van der Waals surface area (Å²) >= 11 is 0. The van der Waals surface area contributed by atoms with Gasteiger partial charge >= 0.3 is 0 Å². The van der Waals surface area contributed by atoms with Crippen molar-refractivity contribution in [2.75, 3.05) is 59.2 Å². The van der Waals surface area contributed by atoms with Gasteiger partial charge in [0.2, 0.25) is 0 Å². The molecule has 4 fully saturated rings. The van der Waals surface area contributed by atoms with Gasteiger partial charge in [-0.25, -0.2) is 0 Å². The van der Waals surface area contributed by atoms with Crippen LogP contribution in [-0.2, 0) is 18.9 Å². The van der Waals surface area contributed by atoms with Crippen molar-refractivity contribution >= 4 is 0 Å². The van der Waals surface area contributed by atoms with Crippen LogP contribution in [0.3, 0.4) is 0 Å². The van der Waals surface area contributed by atoms with E-state index in [2.05, 4.69) is 33.0 Å². The molecule has 6 bridgehead atoms. The molecule has 4 heterocycles. The zero-order chi connectivity index (χ0) is 23.0. The summed E-state index contributed by atoms with van der Waals surface area (Å²) < 4.78 is 24.7. The third-order valence-electron chi connectivity index (χ3n) is 8.26. The Kier molecular flexibility index (Phi) is 9.67. The zero-order valence-electron chi connectivity index (χ0n) is 20.8. The first-order chi connectivity index (χ1) is 16.8. The molecule has 3 saturated heterocycles. The number of hydrogen-bond donors (Lipinski definition) is 3. The van der Waals surface area contributed by atoms with Crippen LogP contribution >= 0.6 is 0 Å². The second-order valence-electron chi connectivity index (χ2n) is 10.8. The molecule has 0 aromatic heterocycles. The van der Waals surface area contributed by atoms with Crippen LogP contribution in [0.4, 0.5) is 0 Å². The summed E-state index contributed by atoms with van der Waals surface area (Å²) in [5, 5.41) is 11.3. The van der Waals surface area contributed by atoms with Crippen LogP contribution in [0, 0.1) is 5.92 Å². The SMILES string of the molecule is C1=C/COCC2CC(CCC2OCCN2CCCC2)NC2NCCC(N2)C2CCC(COC/1)O2. The standard InChI is InChI=1S/C26H46N4O4/c1-2-12-30(11-1)13-16-33-24-7-5-21-17-20(24)18-31-14-3-4-15-32-19-22-6-8-25(34-22)23-9-10-27-26(28-21)29-23/h3-4,20-29H,1-2,5-19H2/b4-3+. The second-order valence-corrected chi connectivity index (χ2v) is 10.8. The van der Waals surface area contributed by atoms with E-state index < -0.39 is 0 Å². The number of ether oxygens (including phenoxy) is 4. The lowest BCUT2D eigenvalue weighted by Crippen LogP contribution is -2.65. The summed E-state index contributed by atoms with van der Waals surface area (Å²) in [6.07, 6.45) is 14.4. The van der Waals surface area contributed by atoms with Crippen molar-refractivity contribution in [2.45, 2.75) is 88.1 Å². The molecule has 0 spiro atoms. The molecule has 34 heavy (non-hydrogen) atoms. The number of hydrogen-bond acceptors (Lipinski definition) is 8. The first-order valence-electron chi connectivity index (χ1n) is 13.9. The number of fused-ring (bicyclic) bond motifs is 7. The fourth-order valence-corrected chi connectivity index (χ4v) is 6.34. The number of nitrogens with one attached hydrogen (secondary N) is 3. The predicted octanol–water partition coefficient (Wildman–Crippen LogP) is 1.61. The van der Waals surface area contributed by atoms with Crippen LogP contribution in [-0.4, -0.2) is 101 Å². The zero-order valence-corrected chi connectivity index (χ0v) is 20.8. The van der Waals surface area contributed by atoms with Crippen LogP contribution in [0.5, 0.6) is 0 Å². The lowest BCUT2D eigenvalue weighted by Gasteiger charge is -2.41. The van der Waals surface area contributed by atoms with E-state index in [0.717, 1.165) is 64.8 Å². The molecule has 194 valence electrons. The Labute approximate surface area is 205 Å². The van der Waals surface area contributed by atoms with Crippen molar-refractivity contribution in [1.82, 2.24) is 20.9 Å². The summed E-state index contributed by atoms with van der Waals surface area (Å²) in [5.41, 5.74) is 0. The maximum atomic E-state index is 6.45. The molecule has 0 aromatic rings. The van der Waals surface area contributed by atoms with Gasteiger partial charge in [-0.1, -0.05) is 12.2 Å². The lowest BCUT2D eigenvalue weighted by molar-refractivity contribution is -0.0529. The van der Waals surface area contributed by atoms with E-state index >= 15 is 0 Å². The maximum absolute atomic E-state index is 6.45. The number of rotatable bonds is 4. The monoisotopic (exact) mass is 478 g/mol. The summed E-state index contributed by atoms with van der Waals surface area (Å²) in [7, 11) is 0. The molecule has 8 heteroatoms. The summed E-state index contributed by atoms with van der Waals surface area (Å²) in [6.45, 7) is 8.08. The Balaban J connectivity index is 1.17. The molecule has 1 aliphatic carbocycles. The smallest absolute Gasteiger partial charge is 0.112 e. The molecule has 0 aromatic carbocycles. The molecule has 7 unspecified atom stereocenters. The number of nitrogens with zero attached hydrogens (tertiary/aromatic N) is 1. The highest BCUT2D eigenvalue weighted by atomic mass is 16.5. The van der Waals surface area contributed by atoms with Crippen molar-refractivity contribution in [3.63, 3.8) is 0 Å². The molecule has 5 rings (SSSR count). The Bertz CT molecular complexity index is 632. The van der Waals surface area contributed by atoms with Crippen LogP contribution in [0.1, 0.15) is 51.4 Å². The van der Waals surface area contributed by atoms with Crippen LogP contribution < -0.4 is 16.0 Å². The van der Waals surface area contributed by atoms with Gasteiger partial charge in [-0.2, -0.15) is 0 Å². The van der Waals surface area contributed by atoms with E-state index in [0.29, 0.717) is 43.9 Å². The van der Waals surface area contributed by atoms with Gasteiger partial charge in [0.05, 0.1) is 51.3 Å². The first kappa shape index (κ1) is 25.1. The average Bonchev–Trinajstić information content (AvgIpc) is 3.54. The van der Waals surface area contributed by atoms with Gasteiger partial charge in [0.25, 0.3) is 0 Å². The minimum Gasteiger partial charge on any atom is -0.377 e. The molecule has 0 radical (unpaired) electrons. The molecular formula is C26H46N4O4. The predicted molar refractivity (Wildman–Crippen MR) is 132 cm³/mol. The molecule has 1 saturated carbocycles. The largest absolute Gasteiger partial charge is 0.377 e. The van der Waals surface area contributed by atoms with Gasteiger partial charge in [0, 0.05) is 24.5 Å². The van der Waals surface area contributed by atoms with E-state index in [-0.39, 0.29) is 18.5 Å². The Hall–Kier alpha value is -0.580. The third kappa shape index (κ3) is 7.23. The Morgan fingerprint density at radius 1 is 0.912 bits per heavy atom. The van der Waals surface area contributed by atoms with Gasteiger partial charge in [0.15, 0.2) is 0 Å². The minimum atomic E-state index is 0.138. The van der Waals surface area contributed by atoms with Crippen molar-refractivity contribution < 1.29 is 18.9 Å². The molecule has 3 N–H and O–H groups in total. The quantitative estimate of drug-likeness (QED) is 0.527. The van der Waals surface area contributed by atoms with Crippen LogP contribution in [0.2, 0.25) is 0 Å². The second kappa shape index (κ2) is 13.1. The van der Waals surface area contributed by atoms with Gasteiger partial charge in [-0.3, -0.25) is 16.0 Å². The normalized spacial score (nSPS) is 41.6. The van der Waals surface area contributed by atoms with E-state index in [1.165, 1.54) is 25.9 Å². The highest BCUT2D eigenvalue weighted by Gasteiger charge is 2.37. The van der Waals surface area contributed by atoms with E-state index in [1.807, 2.05) is 0 Å². The van der Waals surface area contributed by atoms with Gasteiger partial charge in [-0.15, -0.1) is 0 Å². The van der Waals surface area contributed by atoms with Crippen LogP contribution in [0.15, 0.2) is 12.2 Å². The Morgan fingerprint density at radius 3 is 2.65 bits per heavy atom. The highest BCUT2D eigenvalue weighted by Crippen LogP contribution is 2.29. The lowest BCUT2D eigenvalue weighted by atomic mass is 9.83. The summed E-state index contributed by atoms with van der Waals surface area (Å²) in [4.78, 5) is 2.54. The van der Waals surface area contributed by atoms with Crippen molar-refractivity contribution in [3.05, 3.63) is 12.2 Å². The third-order valence-corrected chi connectivity index (χ3v) is 8.26. The van der Waals surface area contributed by atoms with Gasteiger partial charge in [0.1, 0.15) is 6.29 Å². The average molecular weight is 479 g/mol. The van der Waals surface area contributed by atoms with Crippen molar-refractivity contribution in [3.8, 4) is 0 Å². The fraction of sp³-hybridized carbons (Fsp3) is 0.923. The van der Waals surface area contributed by atoms with Crippen LogP contribution in [0.25, 0.3) is 0 Å². The van der Waals surface area contributed by atoms with E-state index in [9.17, 15) is 0 Å². The minimum absolute atomic E-state index is 0.138. The van der Waals surface area contributed by atoms with Gasteiger partial charge < -0.3 is 23.8 Å². The fourth-order valence-electron chi connectivity index (χ4n) is 6.34. The van der Waals surface area contributed by atoms with E-state index in [4.69, 9.17) is 18.9 Å². The van der Waals surface area contributed by atoms with Gasteiger partial charge in [-0.05, 0) is 71.0 Å². The van der Waals surface area contributed by atoms with Crippen molar-refractivity contribution in [2.24, 2.45) is 5.92 Å². The van der Waals surface area contributed by atoms with E-state index in [1.54, 1.807) is 0 Å². The molecular weight excluding hydrogens is 432 g/mol. The molecule has 7 atom stereocenters. The molecule has 5 aliphatic rings. The molecule has 8 nitrogen and oxygen atoms in total. The number of likely N-dealkylation sites (tertiary alicyclic amines) is 1. The van der Waals surface area contributed by atoms with Crippen molar-refractivity contribution in [1.29, 1.82) is 0 Å². The summed E-state index contributed by atoms with van der Waals surface area (Å²) in [6, 6.07) is 0.864. The topological polar surface area (TPSA) is 76.3 Å². The molecule has 4 aliphatic heterocycles. The maximum Gasteiger partial charge on any atom is 0.112 e. The first-order valence-corrected chi connectivity index (χ1v) is 13.9. The molecule has 0 amide bonds. The summed E-state index contributed by atoms with van der Waals surface area (Å²) in [5.74, 6) is 0.423.